The summed E-state index contributed by atoms with van der Waals surface area (Å²) in [6.07, 6.45) is -0.729. The van der Waals surface area contributed by atoms with Crippen LogP contribution in [0.4, 0.5) is 4.79 Å². The van der Waals surface area contributed by atoms with Crippen molar-refractivity contribution in [3.63, 3.8) is 0 Å². The summed E-state index contributed by atoms with van der Waals surface area (Å²) in [7, 11) is 0. The van der Waals surface area contributed by atoms with E-state index in [1.165, 1.54) is 23.2 Å². The van der Waals surface area contributed by atoms with Gasteiger partial charge in [-0.25, -0.2) is 9.59 Å². The average Bonchev–Trinajstić information content (AvgIpc) is 3.48. The molecule has 2 unspecified atom stereocenters. The van der Waals surface area contributed by atoms with Crippen LogP contribution in [0.3, 0.4) is 0 Å². The molecular formula is C26H26N2O5S. The summed E-state index contributed by atoms with van der Waals surface area (Å²) in [5, 5.41) is 13.9. The van der Waals surface area contributed by atoms with Gasteiger partial charge in [-0.3, -0.25) is 4.79 Å². The Morgan fingerprint density at radius 3 is 2.18 bits per heavy atom. The van der Waals surface area contributed by atoms with E-state index in [9.17, 15) is 19.5 Å². The summed E-state index contributed by atoms with van der Waals surface area (Å²) in [6.45, 7) is 3.47. The summed E-state index contributed by atoms with van der Waals surface area (Å²) in [6, 6.07) is 17.5. The molecule has 0 bridgehead atoms. The van der Waals surface area contributed by atoms with Gasteiger partial charge in [-0.1, -0.05) is 54.6 Å². The van der Waals surface area contributed by atoms with Crippen molar-refractivity contribution in [2.75, 3.05) is 13.2 Å². The van der Waals surface area contributed by atoms with Gasteiger partial charge >= 0.3 is 12.1 Å². The molecule has 1 aliphatic rings. The first kappa shape index (κ1) is 23.5. The SMILES string of the molecule is CCN(C(=O)C(NC(=O)OCC1c2ccccc2-c2ccccc21)c1cccs1)C(C)C(=O)O. The summed E-state index contributed by atoms with van der Waals surface area (Å²) in [5.74, 6) is -1.71. The molecule has 7 nitrogen and oxygen atoms in total. The number of carboxylic acids is 1. The lowest BCUT2D eigenvalue weighted by Gasteiger charge is -2.29. The average molecular weight is 479 g/mol. The van der Waals surface area contributed by atoms with Crippen LogP contribution in [0.15, 0.2) is 66.0 Å². The highest BCUT2D eigenvalue weighted by molar-refractivity contribution is 7.10. The number of hydrogen-bond acceptors (Lipinski definition) is 5. The van der Waals surface area contributed by atoms with Gasteiger partial charge in [0.1, 0.15) is 18.7 Å². The van der Waals surface area contributed by atoms with E-state index in [-0.39, 0.29) is 19.1 Å². The Hall–Kier alpha value is -3.65. The molecule has 0 radical (unpaired) electrons. The smallest absolute Gasteiger partial charge is 0.408 e. The predicted octanol–water partition coefficient (Wildman–Crippen LogP) is 4.65. The van der Waals surface area contributed by atoms with Crippen LogP contribution in [0, 0.1) is 0 Å². The van der Waals surface area contributed by atoms with Crippen molar-refractivity contribution in [2.45, 2.75) is 31.8 Å². The summed E-state index contributed by atoms with van der Waals surface area (Å²) < 4.78 is 5.61. The Morgan fingerprint density at radius 1 is 1.03 bits per heavy atom. The van der Waals surface area contributed by atoms with Crippen LogP contribution >= 0.6 is 11.3 Å². The van der Waals surface area contributed by atoms with E-state index in [1.807, 2.05) is 36.4 Å². The normalized spacial score (nSPS) is 13.9. The Balaban J connectivity index is 1.50. The number of carboxylic acid groups (broad SMARTS) is 1. The van der Waals surface area contributed by atoms with Crippen molar-refractivity contribution in [3.05, 3.63) is 82.0 Å². The minimum atomic E-state index is -1.11. The fourth-order valence-corrected chi connectivity index (χ4v) is 5.15. The standard InChI is InChI=1S/C26H26N2O5S/c1-3-28(16(2)25(30)31)24(29)23(22-13-8-14-34-22)27-26(32)33-15-21-19-11-6-4-9-17(19)18-10-5-7-12-20(18)21/h4-14,16,21,23H,3,15H2,1-2H3,(H,27,32)(H,30,31). The van der Waals surface area contributed by atoms with Crippen LogP contribution in [-0.2, 0) is 14.3 Å². The number of benzene rings is 2. The lowest BCUT2D eigenvalue weighted by atomic mass is 9.98. The van der Waals surface area contributed by atoms with Crippen LogP contribution in [0.2, 0.25) is 0 Å². The largest absolute Gasteiger partial charge is 0.480 e. The number of rotatable bonds is 8. The Morgan fingerprint density at radius 2 is 1.65 bits per heavy atom. The van der Waals surface area contributed by atoms with Crippen LogP contribution in [0.1, 0.15) is 41.8 Å². The molecule has 0 saturated heterocycles. The number of ether oxygens (including phenoxy) is 1. The van der Waals surface area contributed by atoms with E-state index < -0.39 is 30.1 Å². The van der Waals surface area contributed by atoms with Crippen molar-refractivity contribution in [1.29, 1.82) is 0 Å². The van der Waals surface area contributed by atoms with E-state index >= 15 is 0 Å². The second-order valence-electron chi connectivity index (χ2n) is 8.06. The van der Waals surface area contributed by atoms with Crippen molar-refractivity contribution in [2.24, 2.45) is 0 Å². The molecule has 176 valence electrons. The zero-order valence-corrected chi connectivity index (χ0v) is 19.7. The molecule has 8 heteroatoms. The highest BCUT2D eigenvalue weighted by Crippen LogP contribution is 2.44. The second-order valence-corrected chi connectivity index (χ2v) is 9.04. The first-order valence-corrected chi connectivity index (χ1v) is 12.0. The number of alkyl carbamates (subject to hydrolysis) is 1. The summed E-state index contributed by atoms with van der Waals surface area (Å²) >= 11 is 1.31. The molecule has 2 atom stereocenters. The maximum atomic E-state index is 13.2. The number of likely N-dealkylation sites (N-methyl/N-ethyl adjacent to an activating group) is 1. The van der Waals surface area contributed by atoms with Gasteiger partial charge in [0.05, 0.1) is 0 Å². The van der Waals surface area contributed by atoms with Gasteiger partial charge in [0.25, 0.3) is 5.91 Å². The number of nitrogens with zero attached hydrogens (tertiary/aromatic N) is 1. The predicted molar refractivity (Wildman–Crippen MR) is 130 cm³/mol. The summed E-state index contributed by atoms with van der Waals surface area (Å²) in [4.78, 5) is 39.4. The molecule has 34 heavy (non-hydrogen) atoms. The van der Waals surface area contributed by atoms with Crippen molar-refractivity contribution >= 4 is 29.3 Å². The fraction of sp³-hybridized carbons (Fsp3) is 0.269. The van der Waals surface area contributed by atoms with E-state index in [1.54, 1.807) is 24.4 Å². The number of carbonyl (C=O) groups is 3. The lowest BCUT2D eigenvalue weighted by Crippen LogP contribution is -2.49. The molecular weight excluding hydrogens is 452 g/mol. The van der Waals surface area contributed by atoms with E-state index in [0.717, 1.165) is 22.3 Å². The van der Waals surface area contributed by atoms with Crippen LogP contribution < -0.4 is 5.32 Å². The highest BCUT2D eigenvalue weighted by Gasteiger charge is 2.34. The summed E-state index contributed by atoms with van der Waals surface area (Å²) in [5.41, 5.74) is 4.43. The van der Waals surface area contributed by atoms with Gasteiger partial charge < -0.3 is 20.1 Å². The zero-order chi connectivity index (χ0) is 24.2. The molecule has 1 aromatic heterocycles. The molecule has 0 aliphatic heterocycles. The molecule has 4 rings (SSSR count). The molecule has 0 spiro atoms. The molecule has 2 aromatic carbocycles. The molecule has 1 aliphatic carbocycles. The first-order chi connectivity index (χ1) is 16.4. The zero-order valence-electron chi connectivity index (χ0n) is 18.9. The third kappa shape index (κ3) is 4.54. The maximum Gasteiger partial charge on any atom is 0.408 e. The van der Waals surface area contributed by atoms with Crippen LogP contribution in [0.25, 0.3) is 11.1 Å². The third-order valence-corrected chi connectivity index (χ3v) is 7.07. The van der Waals surface area contributed by atoms with E-state index in [4.69, 9.17) is 4.74 Å². The van der Waals surface area contributed by atoms with Gasteiger partial charge in [0, 0.05) is 17.3 Å². The minimum absolute atomic E-state index is 0.104. The molecule has 2 amide bonds. The Labute approximate surface area is 202 Å². The van der Waals surface area contributed by atoms with Gasteiger partial charge in [0.15, 0.2) is 0 Å². The Kier molecular flexibility index (Phi) is 6.98. The number of nitrogens with one attached hydrogen (secondary N) is 1. The monoisotopic (exact) mass is 478 g/mol. The lowest BCUT2D eigenvalue weighted by molar-refractivity contribution is -0.150. The molecule has 3 aromatic rings. The van der Waals surface area contributed by atoms with Gasteiger partial charge in [-0.2, -0.15) is 0 Å². The van der Waals surface area contributed by atoms with Crippen molar-refractivity contribution in [1.82, 2.24) is 10.2 Å². The van der Waals surface area contributed by atoms with Crippen LogP contribution in [-0.4, -0.2) is 47.2 Å². The topological polar surface area (TPSA) is 95.9 Å². The first-order valence-electron chi connectivity index (χ1n) is 11.1. The van der Waals surface area contributed by atoms with Gasteiger partial charge in [0.2, 0.25) is 0 Å². The molecule has 1 heterocycles. The highest BCUT2D eigenvalue weighted by atomic mass is 32.1. The number of amides is 2. The van der Waals surface area contributed by atoms with Crippen molar-refractivity contribution < 1.29 is 24.2 Å². The number of aliphatic carboxylic acids is 1. The molecule has 0 fully saturated rings. The second kappa shape index (κ2) is 10.1. The van der Waals surface area contributed by atoms with Crippen LogP contribution in [0.5, 0.6) is 0 Å². The minimum Gasteiger partial charge on any atom is -0.480 e. The fourth-order valence-electron chi connectivity index (χ4n) is 4.39. The number of thiophene rings is 1. The van der Waals surface area contributed by atoms with Crippen molar-refractivity contribution in [3.8, 4) is 11.1 Å². The van der Waals surface area contributed by atoms with E-state index in [0.29, 0.717) is 4.88 Å². The van der Waals surface area contributed by atoms with E-state index in [2.05, 4.69) is 17.4 Å². The third-order valence-electron chi connectivity index (χ3n) is 6.13. The maximum absolute atomic E-state index is 13.2. The Bertz CT molecular complexity index is 1150. The number of carbonyl (C=O) groups excluding carboxylic acids is 2. The van der Waals surface area contributed by atoms with Gasteiger partial charge in [-0.05, 0) is 47.5 Å². The quantitative estimate of drug-likeness (QED) is 0.491. The number of hydrogen-bond donors (Lipinski definition) is 2. The molecule has 0 saturated carbocycles. The molecule has 2 N–H and O–H groups in total. The number of fused-ring (bicyclic) bond motifs is 3. The van der Waals surface area contributed by atoms with Gasteiger partial charge in [-0.15, -0.1) is 11.3 Å².